The number of hydrogen-bond donors (Lipinski definition) is 0. The van der Waals surface area contributed by atoms with Crippen molar-refractivity contribution < 1.29 is 9.47 Å². The highest BCUT2D eigenvalue weighted by atomic mass is 16.5. The Morgan fingerprint density at radius 3 is 1.39 bits per heavy atom. The molecule has 0 aromatic heterocycles. The highest BCUT2D eigenvalue weighted by molar-refractivity contribution is 4.97. The number of rotatable bonds is 16. The summed E-state index contributed by atoms with van der Waals surface area (Å²) < 4.78 is 11.4. The van der Waals surface area contributed by atoms with E-state index in [1.165, 1.54) is 56.1 Å². The van der Waals surface area contributed by atoms with Crippen LogP contribution < -0.4 is 0 Å². The van der Waals surface area contributed by atoms with Gasteiger partial charge in [-0.1, -0.05) is 40.5 Å². The van der Waals surface area contributed by atoms with E-state index in [1.807, 2.05) is 12.5 Å². The van der Waals surface area contributed by atoms with Crippen molar-refractivity contribution in [1.29, 1.82) is 0 Å². The van der Waals surface area contributed by atoms with Gasteiger partial charge in [-0.15, -0.1) is 0 Å². The minimum absolute atomic E-state index is 0.835. The number of ether oxygens (including phenoxy) is 2. The van der Waals surface area contributed by atoms with Crippen LogP contribution in [0.3, 0.4) is 0 Å². The molecule has 0 bridgehead atoms. The van der Waals surface area contributed by atoms with Gasteiger partial charge in [0, 0.05) is 0 Å². The third-order valence-electron chi connectivity index (χ3n) is 4.14. The molecule has 0 N–H and O–H groups in total. The fourth-order valence-electron chi connectivity index (χ4n) is 2.35. The van der Waals surface area contributed by atoms with Crippen LogP contribution in [0, 0.1) is 0 Å². The zero-order chi connectivity index (χ0) is 17.2. The summed E-state index contributed by atoms with van der Waals surface area (Å²) in [6.07, 6.45) is 17.0. The van der Waals surface area contributed by atoms with E-state index in [1.54, 1.807) is 0 Å². The molecule has 0 rings (SSSR count). The molecule has 0 amide bonds. The summed E-state index contributed by atoms with van der Waals surface area (Å²) in [5.41, 5.74) is 2.89. The first-order chi connectivity index (χ1) is 11.3. The van der Waals surface area contributed by atoms with Crippen LogP contribution in [-0.4, -0.2) is 13.2 Å². The second-order valence-corrected chi connectivity index (χ2v) is 6.27. The Balaban J connectivity index is 3.58. The topological polar surface area (TPSA) is 18.5 Å². The van der Waals surface area contributed by atoms with Crippen LogP contribution in [0.2, 0.25) is 0 Å². The van der Waals surface area contributed by atoms with Gasteiger partial charge in [-0.25, -0.2) is 0 Å². The van der Waals surface area contributed by atoms with Gasteiger partial charge in [-0.05, 0) is 68.9 Å². The van der Waals surface area contributed by atoms with E-state index < -0.39 is 0 Å². The summed E-state index contributed by atoms with van der Waals surface area (Å²) in [7, 11) is 0. The molecule has 0 aliphatic heterocycles. The lowest BCUT2D eigenvalue weighted by Crippen LogP contribution is -1.94. The second kappa shape index (κ2) is 17.4. The second-order valence-electron chi connectivity index (χ2n) is 6.27. The van der Waals surface area contributed by atoms with Crippen molar-refractivity contribution in [2.24, 2.45) is 0 Å². The first-order valence-electron chi connectivity index (χ1n) is 9.87. The molecule has 0 aliphatic rings. The third-order valence-corrected chi connectivity index (χ3v) is 4.14. The molecule has 2 nitrogen and oxygen atoms in total. The van der Waals surface area contributed by atoms with Crippen molar-refractivity contribution in [3.63, 3.8) is 0 Å². The molecule has 0 atom stereocenters. The molecular formula is C21H40O2. The molecule has 0 saturated heterocycles. The highest BCUT2D eigenvalue weighted by Gasteiger charge is 1.96. The largest absolute Gasteiger partial charge is 0.501 e. The van der Waals surface area contributed by atoms with E-state index in [0.29, 0.717) is 0 Å². The standard InChI is InChI=1S/C21H40O2/c1-5-9-14-20(7-3)18-22-16-12-11-13-17-23-19-21(8-4)15-10-6-2/h18-19H,5-17H2,1-4H3. The maximum atomic E-state index is 5.68. The average Bonchev–Trinajstić information content (AvgIpc) is 2.58. The summed E-state index contributed by atoms with van der Waals surface area (Å²) in [4.78, 5) is 0. The third kappa shape index (κ3) is 14.4. The van der Waals surface area contributed by atoms with Crippen molar-refractivity contribution in [2.45, 2.75) is 98.3 Å². The van der Waals surface area contributed by atoms with Crippen LogP contribution in [0.1, 0.15) is 98.3 Å². The number of hydrogen-bond acceptors (Lipinski definition) is 2. The Morgan fingerprint density at radius 1 is 0.609 bits per heavy atom. The minimum Gasteiger partial charge on any atom is -0.501 e. The van der Waals surface area contributed by atoms with Crippen molar-refractivity contribution in [1.82, 2.24) is 0 Å². The molecular weight excluding hydrogens is 284 g/mol. The quantitative estimate of drug-likeness (QED) is 0.221. The predicted octanol–water partition coefficient (Wildman–Crippen LogP) is 7.16. The summed E-state index contributed by atoms with van der Waals surface area (Å²) in [5.74, 6) is 0. The van der Waals surface area contributed by atoms with Gasteiger partial charge < -0.3 is 9.47 Å². The molecule has 0 radical (unpaired) electrons. The summed E-state index contributed by atoms with van der Waals surface area (Å²) in [6, 6.07) is 0. The van der Waals surface area contributed by atoms with Crippen molar-refractivity contribution in [3.05, 3.63) is 23.7 Å². The van der Waals surface area contributed by atoms with Gasteiger partial charge in [0.15, 0.2) is 0 Å². The SMILES string of the molecule is CCCCC(=COCCCCCOC=C(CC)CCCC)CC. The lowest BCUT2D eigenvalue weighted by atomic mass is 10.1. The normalized spacial score (nSPS) is 12.5. The minimum atomic E-state index is 0.835. The van der Waals surface area contributed by atoms with Crippen LogP contribution in [0.25, 0.3) is 0 Å². The molecule has 23 heavy (non-hydrogen) atoms. The molecule has 2 heteroatoms. The molecule has 0 unspecified atom stereocenters. The molecule has 136 valence electrons. The van der Waals surface area contributed by atoms with E-state index in [4.69, 9.17) is 9.47 Å². The molecule has 0 aromatic carbocycles. The van der Waals surface area contributed by atoms with Gasteiger partial charge in [0.2, 0.25) is 0 Å². The molecule has 0 aliphatic carbocycles. The smallest absolute Gasteiger partial charge is 0.0873 e. The molecule has 0 fully saturated rings. The van der Waals surface area contributed by atoms with Gasteiger partial charge >= 0.3 is 0 Å². The molecule has 0 spiro atoms. The van der Waals surface area contributed by atoms with E-state index in [9.17, 15) is 0 Å². The monoisotopic (exact) mass is 324 g/mol. The molecule has 0 heterocycles. The lowest BCUT2D eigenvalue weighted by Gasteiger charge is -2.07. The average molecular weight is 325 g/mol. The Morgan fingerprint density at radius 2 is 1.04 bits per heavy atom. The number of unbranched alkanes of at least 4 members (excludes halogenated alkanes) is 4. The first kappa shape index (κ1) is 22.1. The maximum Gasteiger partial charge on any atom is 0.0873 e. The fraction of sp³-hybridized carbons (Fsp3) is 0.810. The van der Waals surface area contributed by atoms with E-state index in [2.05, 4.69) is 27.7 Å². The highest BCUT2D eigenvalue weighted by Crippen LogP contribution is 2.12. The summed E-state index contributed by atoms with van der Waals surface area (Å²) >= 11 is 0. The van der Waals surface area contributed by atoms with E-state index in [-0.39, 0.29) is 0 Å². The van der Waals surface area contributed by atoms with Crippen molar-refractivity contribution in [3.8, 4) is 0 Å². The summed E-state index contributed by atoms with van der Waals surface area (Å²) in [5, 5.41) is 0. The van der Waals surface area contributed by atoms with Gasteiger partial charge in [-0.3, -0.25) is 0 Å². The van der Waals surface area contributed by atoms with Gasteiger partial charge in [-0.2, -0.15) is 0 Å². The van der Waals surface area contributed by atoms with Crippen molar-refractivity contribution in [2.75, 3.05) is 13.2 Å². The van der Waals surface area contributed by atoms with Crippen molar-refractivity contribution >= 4 is 0 Å². The van der Waals surface area contributed by atoms with E-state index in [0.717, 1.165) is 38.9 Å². The summed E-state index contributed by atoms with van der Waals surface area (Å²) in [6.45, 7) is 10.6. The van der Waals surface area contributed by atoms with Crippen LogP contribution in [0.5, 0.6) is 0 Å². The fourth-order valence-corrected chi connectivity index (χ4v) is 2.35. The zero-order valence-corrected chi connectivity index (χ0v) is 16.2. The van der Waals surface area contributed by atoms with Gasteiger partial charge in [0.1, 0.15) is 0 Å². The molecule has 0 aromatic rings. The van der Waals surface area contributed by atoms with Crippen LogP contribution in [0.4, 0.5) is 0 Å². The van der Waals surface area contributed by atoms with Gasteiger partial charge in [0.05, 0.1) is 25.7 Å². The Bertz CT molecular complexity index is 275. The lowest BCUT2D eigenvalue weighted by molar-refractivity contribution is 0.214. The van der Waals surface area contributed by atoms with Crippen LogP contribution in [0.15, 0.2) is 23.7 Å². The molecule has 0 saturated carbocycles. The van der Waals surface area contributed by atoms with E-state index >= 15 is 0 Å². The first-order valence-corrected chi connectivity index (χ1v) is 9.87. The Hall–Kier alpha value is -0.920. The number of allylic oxidation sites excluding steroid dienone is 2. The van der Waals surface area contributed by atoms with Crippen LogP contribution >= 0.6 is 0 Å². The Kier molecular flexibility index (Phi) is 16.7. The Labute approximate surface area is 145 Å². The maximum absolute atomic E-state index is 5.68. The zero-order valence-electron chi connectivity index (χ0n) is 16.2. The predicted molar refractivity (Wildman–Crippen MR) is 102 cm³/mol. The van der Waals surface area contributed by atoms with Crippen LogP contribution in [-0.2, 0) is 9.47 Å². The van der Waals surface area contributed by atoms with Gasteiger partial charge in [0.25, 0.3) is 0 Å².